The van der Waals surface area contributed by atoms with E-state index in [1.165, 1.54) is 0 Å². The summed E-state index contributed by atoms with van der Waals surface area (Å²) in [4.78, 5) is 32.8. The molecule has 0 bridgehead atoms. The molecule has 0 fully saturated rings. The molecular formula is C31H26N4O2. The molecule has 1 aliphatic heterocycles. The number of carbonyl (C=O) groups is 2. The van der Waals surface area contributed by atoms with Crippen LogP contribution in [-0.2, 0) is 18.4 Å². The predicted octanol–water partition coefficient (Wildman–Crippen LogP) is 5.10. The van der Waals surface area contributed by atoms with Gasteiger partial charge in [-0.25, -0.2) is 0 Å². The number of hydrogen-bond donors (Lipinski definition) is 1. The third-order valence-electron chi connectivity index (χ3n) is 7.03. The van der Waals surface area contributed by atoms with E-state index in [0.717, 1.165) is 39.0 Å². The molecule has 1 N–H and O–H groups in total. The molecule has 0 radical (unpaired) electrons. The van der Waals surface area contributed by atoms with Crippen molar-refractivity contribution in [1.82, 2.24) is 19.8 Å². The van der Waals surface area contributed by atoms with Crippen LogP contribution < -0.4 is 5.32 Å². The van der Waals surface area contributed by atoms with Gasteiger partial charge in [0.1, 0.15) is 6.54 Å². The van der Waals surface area contributed by atoms with Crippen molar-refractivity contribution in [3.8, 4) is 11.3 Å². The van der Waals surface area contributed by atoms with E-state index in [1.807, 2.05) is 72.8 Å². The Hall–Kier alpha value is -4.71. The lowest BCUT2D eigenvalue weighted by molar-refractivity contribution is -0.122. The second-order valence-electron chi connectivity index (χ2n) is 9.23. The minimum absolute atomic E-state index is 0.0531. The van der Waals surface area contributed by atoms with Gasteiger partial charge in [-0.05, 0) is 35.4 Å². The van der Waals surface area contributed by atoms with Crippen molar-refractivity contribution in [3.05, 3.63) is 126 Å². The van der Waals surface area contributed by atoms with E-state index in [9.17, 15) is 9.59 Å². The fraction of sp³-hybridized carbons (Fsp3) is 0.129. The summed E-state index contributed by atoms with van der Waals surface area (Å²) in [5.41, 5.74) is 6.52. The first-order chi connectivity index (χ1) is 18.1. The molecule has 37 heavy (non-hydrogen) atoms. The maximum Gasteiger partial charge on any atom is 0.255 e. The molecule has 0 saturated carbocycles. The number of carbonyl (C=O) groups excluding carboxylic acids is 2. The molecule has 2 amide bonds. The molecule has 3 aromatic carbocycles. The lowest BCUT2D eigenvalue weighted by Gasteiger charge is -2.26. The number of amides is 2. The minimum atomic E-state index is -0.398. The van der Waals surface area contributed by atoms with Crippen LogP contribution in [0.4, 0.5) is 0 Å². The van der Waals surface area contributed by atoms with Gasteiger partial charge in [-0.3, -0.25) is 14.6 Å². The predicted molar refractivity (Wildman–Crippen MR) is 144 cm³/mol. The molecule has 1 atom stereocenters. The topological polar surface area (TPSA) is 67.2 Å². The minimum Gasteiger partial charge on any atom is -0.349 e. The first-order valence-electron chi connectivity index (χ1n) is 12.3. The van der Waals surface area contributed by atoms with Crippen LogP contribution in [0.2, 0.25) is 0 Å². The van der Waals surface area contributed by atoms with Gasteiger partial charge in [0.2, 0.25) is 5.91 Å². The van der Waals surface area contributed by atoms with Crippen LogP contribution in [0.15, 0.2) is 103 Å². The van der Waals surface area contributed by atoms with Gasteiger partial charge in [-0.15, -0.1) is 0 Å². The monoisotopic (exact) mass is 486 g/mol. The zero-order valence-corrected chi connectivity index (χ0v) is 20.5. The Morgan fingerprint density at radius 3 is 2.43 bits per heavy atom. The van der Waals surface area contributed by atoms with Crippen LogP contribution in [0.3, 0.4) is 0 Å². The van der Waals surface area contributed by atoms with Crippen molar-refractivity contribution < 1.29 is 9.59 Å². The number of para-hydroxylation sites is 1. The second kappa shape index (κ2) is 9.39. The third kappa shape index (κ3) is 3.96. The van der Waals surface area contributed by atoms with E-state index in [4.69, 9.17) is 0 Å². The Morgan fingerprint density at radius 2 is 1.62 bits per heavy atom. The average Bonchev–Trinajstić information content (AvgIpc) is 3.39. The highest BCUT2D eigenvalue weighted by Gasteiger charge is 2.41. The van der Waals surface area contributed by atoms with Crippen LogP contribution in [0, 0.1) is 0 Å². The van der Waals surface area contributed by atoms with Crippen LogP contribution >= 0.6 is 0 Å². The van der Waals surface area contributed by atoms with Gasteiger partial charge in [-0.1, -0.05) is 72.8 Å². The van der Waals surface area contributed by atoms with Crippen LogP contribution in [0.1, 0.15) is 33.2 Å². The number of hydrogen-bond acceptors (Lipinski definition) is 3. The molecular weight excluding hydrogens is 460 g/mol. The summed E-state index contributed by atoms with van der Waals surface area (Å²) in [6.45, 7) is 0.255. The molecule has 0 spiro atoms. The fourth-order valence-electron chi connectivity index (χ4n) is 5.39. The fourth-order valence-corrected chi connectivity index (χ4v) is 5.39. The molecule has 6 nitrogen and oxygen atoms in total. The van der Waals surface area contributed by atoms with Gasteiger partial charge in [-0.2, -0.15) is 0 Å². The van der Waals surface area contributed by atoms with E-state index in [2.05, 4.69) is 46.2 Å². The Bertz CT molecular complexity index is 1610. The SMILES string of the molecule is Cn1c(-c2ccccc2)c(C2c3ccccc3C(=O)N2CC(=O)NCc2ccccn2)c2ccccc21. The van der Waals surface area contributed by atoms with Crippen LogP contribution in [0.5, 0.6) is 0 Å². The Labute approximate surface area is 215 Å². The number of nitrogens with zero attached hydrogens (tertiary/aromatic N) is 3. The first kappa shape index (κ1) is 22.7. The smallest absolute Gasteiger partial charge is 0.255 e. The van der Waals surface area contributed by atoms with Crippen molar-refractivity contribution in [1.29, 1.82) is 0 Å². The Kier molecular flexibility index (Phi) is 5.77. The molecule has 182 valence electrons. The number of benzene rings is 3. The molecule has 6 heteroatoms. The lowest BCUT2D eigenvalue weighted by atomic mass is 9.93. The lowest BCUT2D eigenvalue weighted by Crippen LogP contribution is -2.39. The number of aryl methyl sites for hydroxylation is 1. The zero-order chi connectivity index (χ0) is 25.4. The first-order valence-corrected chi connectivity index (χ1v) is 12.3. The maximum atomic E-state index is 13.7. The summed E-state index contributed by atoms with van der Waals surface area (Å²) in [7, 11) is 2.06. The molecule has 0 saturated heterocycles. The summed E-state index contributed by atoms with van der Waals surface area (Å²) >= 11 is 0. The van der Waals surface area contributed by atoms with Crippen LogP contribution in [-0.4, -0.2) is 32.8 Å². The summed E-state index contributed by atoms with van der Waals surface area (Å²) in [6, 6.07) is 31.3. The quantitative estimate of drug-likeness (QED) is 0.363. The molecule has 2 aromatic heterocycles. The summed E-state index contributed by atoms with van der Waals surface area (Å²) in [5.74, 6) is -0.362. The van der Waals surface area contributed by atoms with Crippen molar-refractivity contribution in [2.75, 3.05) is 6.54 Å². The zero-order valence-electron chi connectivity index (χ0n) is 20.5. The van der Waals surface area contributed by atoms with Gasteiger partial charge in [0.15, 0.2) is 0 Å². The molecule has 1 aliphatic rings. The number of nitrogens with one attached hydrogen (secondary N) is 1. The van der Waals surface area contributed by atoms with Crippen molar-refractivity contribution in [2.24, 2.45) is 7.05 Å². The number of pyridine rings is 1. The highest BCUT2D eigenvalue weighted by atomic mass is 16.2. The van der Waals surface area contributed by atoms with Gasteiger partial charge in [0.25, 0.3) is 5.91 Å². The highest BCUT2D eigenvalue weighted by molar-refractivity contribution is 6.03. The number of fused-ring (bicyclic) bond motifs is 2. The van der Waals surface area contributed by atoms with Gasteiger partial charge < -0.3 is 14.8 Å². The van der Waals surface area contributed by atoms with Crippen molar-refractivity contribution >= 4 is 22.7 Å². The van der Waals surface area contributed by atoms with Gasteiger partial charge >= 0.3 is 0 Å². The van der Waals surface area contributed by atoms with E-state index < -0.39 is 6.04 Å². The third-order valence-corrected chi connectivity index (χ3v) is 7.03. The van der Waals surface area contributed by atoms with Crippen molar-refractivity contribution in [3.63, 3.8) is 0 Å². The second-order valence-corrected chi connectivity index (χ2v) is 9.23. The number of rotatable bonds is 6. The summed E-state index contributed by atoms with van der Waals surface area (Å²) < 4.78 is 2.19. The van der Waals surface area contributed by atoms with E-state index >= 15 is 0 Å². The maximum absolute atomic E-state index is 13.7. The standard InChI is InChI=1S/C31H26N4O2/c1-34-26-17-8-7-16-25(26)28(29(34)21-11-3-2-4-12-21)30-23-14-5-6-15-24(23)31(37)35(30)20-27(36)33-19-22-13-9-10-18-32-22/h2-18,30H,19-20H2,1H3,(H,33,36). The van der Waals surface area contributed by atoms with Crippen LogP contribution in [0.25, 0.3) is 22.2 Å². The molecule has 5 aromatic rings. The number of aromatic nitrogens is 2. The normalized spacial score (nSPS) is 14.7. The van der Waals surface area contributed by atoms with E-state index in [1.54, 1.807) is 11.1 Å². The molecule has 3 heterocycles. The van der Waals surface area contributed by atoms with Gasteiger partial charge in [0, 0.05) is 35.3 Å². The average molecular weight is 487 g/mol. The molecule has 6 rings (SSSR count). The Morgan fingerprint density at radius 1 is 0.892 bits per heavy atom. The van der Waals surface area contributed by atoms with Gasteiger partial charge in [0.05, 0.1) is 24.0 Å². The molecule has 1 unspecified atom stereocenters. The largest absolute Gasteiger partial charge is 0.349 e. The highest BCUT2D eigenvalue weighted by Crippen LogP contribution is 2.46. The summed E-state index contributed by atoms with van der Waals surface area (Å²) in [5, 5.41) is 4.00. The van der Waals surface area contributed by atoms with Crippen molar-refractivity contribution in [2.45, 2.75) is 12.6 Å². The summed E-state index contributed by atoms with van der Waals surface area (Å²) in [6.07, 6.45) is 1.70. The Balaban J connectivity index is 1.46. The molecule has 0 aliphatic carbocycles. The van der Waals surface area contributed by atoms with E-state index in [-0.39, 0.29) is 18.4 Å². The van der Waals surface area contributed by atoms with E-state index in [0.29, 0.717) is 12.1 Å².